The van der Waals surface area contributed by atoms with E-state index in [1.54, 1.807) is 6.07 Å². The lowest BCUT2D eigenvalue weighted by molar-refractivity contribution is 0.306. The molecule has 2 aromatic rings. The molecule has 0 atom stereocenters. The Morgan fingerprint density at radius 2 is 2.06 bits per heavy atom. The first-order chi connectivity index (χ1) is 8.29. The van der Waals surface area contributed by atoms with Crippen molar-refractivity contribution in [3.8, 4) is 5.75 Å². The number of rotatable bonds is 5. The summed E-state index contributed by atoms with van der Waals surface area (Å²) in [6, 6.07) is 9.65. The molecule has 0 unspecified atom stereocenters. The second kappa shape index (κ2) is 5.87. The molecule has 0 fully saturated rings. The highest BCUT2D eigenvalue weighted by Crippen LogP contribution is 2.21. The Morgan fingerprint density at radius 1 is 1.18 bits per heavy atom. The summed E-state index contributed by atoms with van der Waals surface area (Å²) in [4.78, 5) is 4.24. The summed E-state index contributed by atoms with van der Waals surface area (Å²) in [6.07, 6.45) is 3.53. The van der Waals surface area contributed by atoms with E-state index in [1.165, 1.54) is 12.8 Å². The average molecular weight is 250 g/mol. The van der Waals surface area contributed by atoms with E-state index in [-0.39, 0.29) is 0 Å². The highest BCUT2D eigenvalue weighted by molar-refractivity contribution is 6.29. The molecule has 0 radical (unpaired) electrons. The van der Waals surface area contributed by atoms with E-state index in [1.807, 2.05) is 24.3 Å². The highest BCUT2D eigenvalue weighted by Gasteiger charge is 1.99. The van der Waals surface area contributed by atoms with Gasteiger partial charge in [0.25, 0.3) is 0 Å². The topological polar surface area (TPSA) is 22.1 Å². The molecule has 0 spiro atoms. The highest BCUT2D eigenvalue weighted by atomic mass is 35.5. The van der Waals surface area contributed by atoms with Crippen molar-refractivity contribution >= 4 is 22.5 Å². The minimum absolute atomic E-state index is 0.522. The van der Waals surface area contributed by atoms with Gasteiger partial charge in [-0.25, -0.2) is 4.98 Å². The normalized spacial score (nSPS) is 10.7. The first-order valence-electron chi connectivity index (χ1n) is 5.98. The van der Waals surface area contributed by atoms with Crippen LogP contribution in [0.4, 0.5) is 0 Å². The minimum Gasteiger partial charge on any atom is -0.494 e. The summed E-state index contributed by atoms with van der Waals surface area (Å²) in [5.41, 5.74) is 0.901. The van der Waals surface area contributed by atoms with E-state index in [0.29, 0.717) is 5.15 Å². The number of ether oxygens (including phenoxy) is 1. The average Bonchev–Trinajstić information content (AvgIpc) is 2.35. The molecule has 0 saturated heterocycles. The van der Waals surface area contributed by atoms with Crippen molar-refractivity contribution in [2.24, 2.45) is 0 Å². The molecule has 2 rings (SSSR count). The SMILES string of the molecule is CCCCCOc1ccc2nc(Cl)ccc2c1. The molecule has 0 bridgehead atoms. The Balaban J connectivity index is 2.07. The van der Waals surface area contributed by atoms with Crippen LogP contribution in [0.5, 0.6) is 5.75 Å². The Hall–Kier alpha value is -1.28. The number of halogens is 1. The summed E-state index contributed by atoms with van der Waals surface area (Å²) >= 11 is 5.83. The number of benzene rings is 1. The molecular formula is C14H16ClNO. The number of fused-ring (bicyclic) bond motifs is 1. The molecule has 90 valence electrons. The molecule has 2 nitrogen and oxygen atoms in total. The summed E-state index contributed by atoms with van der Waals surface area (Å²) in [7, 11) is 0. The number of hydrogen-bond acceptors (Lipinski definition) is 2. The van der Waals surface area contributed by atoms with Crippen LogP contribution < -0.4 is 4.74 Å². The fraction of sp³-hybridized carbons (Fsp3) is 0.357. The maximum absolute atomic E-state index is 5.83. The molecule has 1 heterocycles. The van der Waals surface area contributed by atoms with Gasteiger partial charge < -0.3 is 4.74 Å². The summed E-state index contributed by atoms with van der Waals surface area (Å²) in [6.45, 7) is 2.96. The molecule has 0 amide bonds. The molecule has 0 aliphatic carbocycles. The predicted molar refractivity (Wildman–Crippen MR) is 71.8 cm³/mol. The Labute approximate surface area is 107 Å². The van der Waals surface area contributed by atoms with Crippen molar-refractivity contribution in [1.82, 2.24) is 4.98 Å². The number of nitrogens with zero attached hydrogens (tertiary/aromatic N) is 1. The Kier molecular flexibility index (Phi) is 4.21. The molecule has 3 heteroatoms. The second-order valence-corrected chi connectivity index (χ2v) is 4.43. The van der Waals surface area contributed by atoms with Crippen LogP contribution in [0.3, 0.4) is 0 Å². The van der Waals surface area contributed by atoms with E-state index < -0.39 is 0 Å². The van der Waals surface area contributed by atoms with Gasteiger partial charge in [0.15, 0.2) is 0 Å². The smallest absolute Gasteiger partial charge is 0.129 e. The zero-order valence-electron chi connectivity index (χ0n) is 9.95. The fourth-order valence-electron chi connectivity index (χ4n) is 1.71. The molecular weight excluding hydrogens is 234 g/mol. The van der Waals surface area contributed by atoms with Gasteiger partial charge in [-0.05, 0) is 36.8 Å². The van der Waals surface area contributed by atoms with Gasteiger partial charge in [-0.2, -0.15) is 0 Å². The maximum Gasteiger partial charge on any atom is 0.129 e. The van der Waals surface area contributed by atoms with Gasteiger partial charge in [0.2, 0.25) is 0 Å². The van der Waals surface area contributed by atoms with Gasteiger partial charge in [0.1, 0.15) is 10.9 Å². The predicted octanol–water partition coefficient (Wildman–Crippen LogP) is 4.46. The third kappa shape index (κ3) is 3.34. The van der Waals surface area contributed by atoms with E-state index in [4.69, 9.17) is 16.3 Å². The third-order valence-electron chi connectivity index (χ3n) is 2.64. The van der Waals surface area contributed by atoms with E-state index in [0.717, 1.165) is 29.7 Å². The van der Waals surface area contributed by atoms with Gasteiger partial charge in [-0.3, -0.25) is 0 Å². The van der Waals surface area contributed by atoms with Crippen molar-refractivity contribution in [2.75, 3.05) is 6.61 Å². The van der Waals surface area contributed by atoms with Crippen molar-refractivity contribution in [1.29, 1.82) is 0 Å². The van der Waals surface area contributed by atoms with Crippen LogP contribution in [0, 0.1) is 0 Å². The summed E-state index contributed by atoms with van der Waals surface area (Å²) in [5, 5.41) is 1.58. The lowest BCUT2D eigenvalue weighted by Crippen LogP contribution is -1.96. The van der Waals surface area contributed by atoms with Crippen LogP contribution >= 0.6 is 11.6 Å². The van der Waals surface area contributed by atoms with Crippen molar-refractivity contribution in [3.05, 3.63) is 35.5 Å². The van der Waals surface area contributed by atoms with Gasteiger partial charge >= 0.3 is 0 Å². The van der Waals surface area contributed by atoms with Crippen LogP contribution in [0.1, 0.15) is 26.2 Å². The third-order valence-corrected chi connectivity index (χ3v) is 2.85. The molecule has 1 aromatic carbocycles. The lowest BCUT2D eigenvalue weighted by Gasteiger charge is -2.06. The monoisotopic (exact) mass is 249 g/mol. The number of unbranched alkanes of at least 4 members (excludes halogenated alkanes) is 2. The van der Waals surface area contributed by atoms with E-state index >= 15 is 0 Å². The largest absolute Gasteiger partial charge is 0.494 e. The fourth-order valence-corrected chi connectivity index (χ4v) is 1.86. The van der Waals surface area contributed by atoms with E-state index in [9.17, 15) is 0 Å². The van der Waals surface area contributed by atoms with Crippen molar-refractivity contribution < 1.29 is 4.74 Å². The molecule has 17 heavy (non-hydrogen) atoms. The van der Waals surface area contributed by atoms with Crippen molar-refractivity contribution in [2.45, 2.75) is 26.2 Å². The quantitative estimate of drug-likeness (QED) is 0.577. The zero-order valence-corrected chi connectivity index (χ0v) is 10.7. The first kappa shape index (κ1) is 12.2. The Bertz CT molecular complexity index is 499. The van der Waals surface area contributed by atoms with Crippen LogP contribution in [0.15, 0.2) is 30.3 Å². The molecule has 0 aliphatic rings. The lowest BCUT2D eigenvalue weighted by atomic mass is 10.2. The van der Waals surface area contributed by atoms with Gasteiger partial charge in [-0.15, -0.1) is 0 Å². The zero-order chi connectivity index (χ0) is 12.1. The molecule has 0 aliphatic heterocycles. The maximum atomic E-state index is 5.83. The molecule has 0 N–H and O–H groups in total. The molecule has 1 aromatic heterocycles. The van der Waals surface area contributed by atoms with Gasteiger partial charge in [0.05, 0.1) is 12.1 Å². The van der Waals surface area contributed by atoms with Crippen molar-refractivity contribution in [3.63, 3.8) is 0 Å². The number of aromatic nitrogens is 1. The van der Waals surface area contributed by atoms with Crippen LogP contribution in [0.2, 0.25) is 5.15 Å². The van der Waals surface area contributed by atoms with Gasteiger partial charge in [-0.1, -0.05) is 31.4 Å². The second-order valence-electron chi connectivity index (χ2n) is 4.04. The van der Waals surface area contributed by atoms with Crippen LogP contribution in [-0.2, 0) is 0 Å². The number of pyridine rings is 1. The Morgan fingerprint density at radius 3 is 2.88 bits per heavy atom. The van der Waals surface area contributed by atoms with Crippen LogP contribution in [-0.4, -0.2) is 11.6 Å². The standard InChI is InChI=1S/C14H16ClNO/c1-2-3-4-9-17-12-6-7-13-11(10-12)5-8-14(15)16-13/h5-8,10H,2-4,9H2,1H3. The number of hydrogen-bond donors (Lipinski definition) is 0. The summed E-state index contributed by atoms with van der Waals surface area (Å²) < 4.78 is 5.69. The van der Waals surface area contributed by atoms with Crippen LogP contribution in [0.25, 0.3) is 10.9 Å². The minimum atomic E-state index is 0.522. The molecule has 0 saturated carbocycles. The van der Waals surface area contributed by atoms with Gasteiger partial charge in [0, 0.05) is 5.39 Å². The van der Waals surface area contributed by atoms with E-state index in [2.05, 4.69) is 11.9 Å². The summed E-state index contributed by atoms with van der Waals surface area (Å²) in [5.74, 6) is 0.901. The first-order valence-corrected chi connectivity index (χ1v) is 6.36.